The van der Waals surface area contributed by atoms with Crippen LogP contribution in [-0.4, -0.2) is 80.2 Å². The summed E-state index contributed by atoms with van der Waals surface area (Å²) < 4.78 is 21.4. The molecule has 0 aliphatic carbocycles. The van der Waals surface area contributed by atoms with Crippen LogP contribution in [0.3, 0.4) is 0 Å². The van der Waals surface area contributed by atoms with Crippen LogP contribution in [0.4, 0.5) is 10.2 Å². The molecule has 0 saturated carbocycles. The van der Waals surface area contributed by atoms with E-state index in [1.165, 1.54) is 16.6 Å². The van der Waals surface area contributed by atoms with E-state index in [1.807, 2.05) is 20.8 Å². The van der Waals surface area contributed by atoms with E-state index in [2.05, 4.69) is 20.3 Å². The second kappa shape index (κ2) is 9.67. The Balaban J connectivity index is 1.49. The summed E-state index contributed by atoms with van der Waals surface area (Å²) in [5.41, 5.74) is 0.825. The average Bonchev–Trinajstić information content (AvgIpc) is 3.45. The number of nitrogens with one attached hydrogen (secondary N) is 1. The van der Waals surface area contributed by atoms with Gasteiger partial charge in [0.1, 0.15) is 29.5 Å². The molecule has 11 nitrogen and oxygen atoms in total. The first-order valence-electron chi connectivity index (χ1n) is 12.3. The molecular weight excluding hydrogens is 481 g/mol. The van der Waals surface area contributed by atoms with E-state index < -0.39 is 11.7 Å². The summed E-state index contributed by atoms with van der Waals surface area (Å²) >= 11 is 0. The molecule has 0 unspecified atom stereocenters. The smallest absolute Gasteiger partial charge is 0.280 e. The van der Waals surface area contributed by atoms with Gasteiger partial charge in [0, 0.05) is 37.7 Å². The molecule has 3 aromatic rings. The predicted octanol–water partition coefficient (Wildman–Crippen LogP) is 1.25. The lowest BCUT2D eigenvalue weighted by atomic mass is 9.93. The first-order chi connectivity index (χ1) is 17.6. The predicted molar refractivity (Wildman–Crippen MR) is 133 cm³/mol. The molecule has 1 saturated heterocycles. The van der Waals surface area contributed by atoms with Gasteiger partial charge in [-0.05, 0) is 12.1 Å². The van der Waals surface area contributed by atoms with E-state index >= 15 is 0 Å². The highest BCUT2D eigenvalue weighted by Crippen LogP contribution is 2.26. The number of morpholine rings is 1. The van der Waals surface area contributed by atoms with Gasteiger partial charge in [-0.15, -0.1) is 0 Å². The van der Waals surface area contributed by atoms with E-state index in [0.717, 1.165) is 19.3 Å². The van der Waals surface area contributed by atoms with Crippen molar-refractivity contribution in [1.82, 2.24) is 29.0 Å². The first kappa shape index (κ1) is 25.0. The monoisotopic (exact) mass is 511 g/mol. The number of amides is 2. The third-order valence-electron chi connectivity index (χ3n) is 6.67. The standard InChI is InChI=1S/C25H30FN7O4/c1-25(2,3)18-12-21-32(15-20(34)28-19-5-4-16(26)13-27-19)22-17(23(35)33(21)29-18)14-31(24(22)36)7-6-30-8-10-37-11-9-30/h4-5,12-13H,6-11,14-15H2,1-3H3,(H,27,28,34). The average molecular weight is 512 g/mol. The number of anilines is 1. The fraction of sp³-hybridized carbons (Fsp3) is 0.480. The summed E-state index contributed by atoms with van der Waals surface area (Å²) in [5, 5.41) is 7.17. The number of ether oxygens (including phenoxy) is 1. The van der Waals surface area contributed by atoms with Gasteiger partial charge < -0.3 is 19.5 Å². The van der Waals surface area contributed by atoms with Crippen LogP contribution in [0.25, 0.3) is 5.65 Å². The highest BCUT2D eigenvalue weighted by atomic mass is 19.1. The molecule has 12 heteroatoms. The number of carbonyl (C=O) groups is 2. The van der Waals surface area contributed by atoms with Gasteiger partial charge in [0.25, 0.3) is 11.5 Å². The van der Waals surface area contributed by atoms with Crippen molar-refractivity contribution in [2.75, 3.05) is 44.7 Å². The third kappa shape index (κ3) is 4.98. The lowest BCUT2D eigenvalue weighted by Crippen LogP contribution is -2.41. The Morgan fingerprint density at radius 1 is 1.16 bits per heavy atom. The van der Waals surface area contributed by atoms with Crippen LogP contribution in [0.5, 0.6) is 0 Å². The third-order valence-corrected chi connectivity index (χ3v) is 6.67. The molecule has 1 fully saturated rings. The molecule has 0 bridgehead atoms. The van der Waals surface area contributed by atoms with Crippen molar-refractivity contribution in [1.29, 1.82) is 0 Å². The van der Waals surface area contributed by atoms with E-state index in [9.17, 15) is 18.8 Å². The fourth-order valence-electron chi connectivity index (χ4n) is 4.59. The minimum Gasteiger partial charge on any atom is -0.379 e. The molecule has 2 amide bonds. The largest absolute Gasteiger partial charge is 0.379 e. The van der Waals surface area contributed by atoms with Crippen LogP contribution < -0.4 is 10.9 Å². The minimum atomic E-state index is -0.519. The lowest BCUT2D eigenvalue weighted by Gasteiger charge is -2.28. The van der Waals surface area contributed by atoms with Gasteiger partial charge in [-0.1, -0.05) is 20.8 Å². The van der Waals surface area contributed by atoms with Gasteiger partial charge in [0.15, 0.2) is 0 Å². The molecule has 37 heavy (non-hydrogen) atoms. The number of pyridine rings is 1. The van der Waals surface area contributed by atoms with Crippen molar-refractivity contribution in [2.45, 2.75) is 39.3 Å². The van der Waals surface area contributed by atoms with E-state index in [-0.39, 0.29) is 41.5 Å². The number of nitrogens with zero attached hydrogens (tertiary/aromatic N) is 6. The van der Waals surface area contributed by atoms with Crippen LogP contribution in [0.15, 0.2) is 29.2 Å². The Kier molecular flexibility index (Phi) is 6.54. The molecule has 2 aliphatic rings. The van der Waals surface area contributed by atoms with Crippen molar-refractivity contribution in [3.63, 3.8) is 0 Å². The molecule has 5 rings (SSSR count). The Morgan fingerprint density at radius 2 is 1.92 bits per heavy atom. The number of hydrogen-bond donors (Lipinski definition) is 1. The maximum Gasteiger partial charge on any atom is 0.280 e. The lowest BCUT2D eigenvalue weighted by molar-refractivity contribution is -0.116. The second-order valence-electron chi connectivity index (χ2n) is 10.4. The van der Waals surface area contributed by atoms with Crippen molar-refractivity contribution in [2.24, 2.45) is 0 Å². The van der Waals surface area contributed by atoms with E-state index in [1.54, 1.807) is 15.5 Å². The van der Waals surface area contributed by atoms with Gasteiger partial charge in [0.2, 0.25) is 5.91 Å². The Morgan fingerprint density at radius 3 is 2.59 bits per heavy atom. The molecule has 3 aromatic heterocycles. The normalized spacial score (nSPS) is 16.4. The zero-order chi connectivity index (χ0) is 26.3. The number of hydrogen-bond acceptors (Lipinski definition) is 7. The number of aromatic nitrogens is 4. The molecular formula is C25H30FN7O4. The van der Waals surface area contributed by atoms with Gasteiger partial charge in [-0.25, -0.2) is 9.37 Å². The Labute approximate surface area is 212 Å². The summed E-state index contributed by atoms with van der Waals surface area (Å²) in [6, 6.07) is 4.29. The van der Waals surface area contributed by atoms with Crippen molar-refractivity contribution in [3.05, 3.63) is 57.5 Å². The topological polar surface area (TPSA) is 114 Å². The molecule has 0 radical (unpaired) electrons. The first-order valence-corrected chi connectivity index (χ1v) is 12.3. The molecule has 2 aliphatic heterocycles. The van der Waals surface area contributed by atoms with E-state index in [4.69, 9.17) is 4.74 Å². The molecule has 0 aromatic carbocycles. The van der Waals surface area contributed by atoms with Gasteiger partial charge in [-0.2, -0.15) is 9.61 Å². The maximum absolute atomic E-state index is 13.6. The van der Waals surface area contributed by atoms with Gasteiger partial charge in [-0.3, -0.25) is 19.3 Å². The van der Waals surface area contributed by atoms with Gasteiger partial charge >= 0.3 is 0 Å². The van der Waals surface area contributed by atoms with Crippen molar-refractivity contribution < 1.29 is 18.7 Å². The van der Waals surface area contributed by atoms with E-state index in [0.29, 0.717) is 43.2 Å². The summed E-state index contributed by atoms with van der Waals surface area (Å²) in [6.07, 6.45) is 1.01. The maximum atomic E-state index is 13.6. The summed E-state index contributed by atoms with van der Waals surface area (Å²) in [6.45, 7) is 9.85. The van der Waals surface area contributed by atoms with Crippen LogP contribution >= 0.6 is 0 Å². The Hall–Kier alpha value is -3.64. The quantitative estimate of drug-likeness (QED) is 0.530. The number of halogens is 1. The number of carbonyl (C=O) groups excluding carboxylic acids is 2. The van der Waals surface area contributed by atoms with Gasteiger partial charge in [0.05, 0.1) is 37.2 Å². The number of fused-ring (bicyclic) bond motifs is 2. The van der Waals surface area contributed by atoms with Crippen LogP contribution in [0.1, 0.15) is 42.5 Å². The van der Waals surface area contributed by atoms with Crippen LogP contribution in [0, 0.1) is 5.82 Å². The Bertz CT molecular complexity index is 1400. The summed E-state index contributed by atoms with van der Waals surface area (Å²) in [5.74, 6) is -1.10. The number of rotatable bonds is 6. The van der Waals surface area contributed by atoms with Crippen LogP contribution in [0.2, 0.25) is 0 Å². The second-order valence-corrected chi connectivity index (χ2v) is 10.4. The fourth-order valence-corrected chi connectivity index (χ4v) is 4.59. The molecule has 1 N–H and O–H groups in total. The molecule has 5 heterocycles. The van der Waals surface area contributed by atoms with Crippen molar-refractivity contribution in [3.8, 4) is 0 Å². The summed E-state index contributed by atoms with van der Waals surface area (Å²) in [4.78, 5) is 47.8. The minimum absolute atomic E-state index is 0.152. The zero-order valence-electron chi connectivity index (χ0n) is 21.2. The SMILES string of the molecule is CC(C)(C)c1cc2n(CC(=O)Nc3ccc(F)cn3)c3c(c(=O)n2n1)CN(CCN1CCOCC1)C3=O. The van der Waals surface area contributed by atoms with Crippen molar-refractivity contribution >= 4 is 23.3 Å². The molecule has 196 valence electrons. The highest BCUT2D eigenvalue weighted by Gasteiger charge is 2.36. The zero-order valence-corrected chi connectivity index (χ0v) is 21.2. The molecule has 0 spiro atoms. The molecule has 0 atom stereocenters. The van der Waals surface area contributed by atoms with Crippen LogP contribution in [-0.2, 0) is 28.0 Å². The highest BCUT2D eigenvalue weighted by molar-refractivity contribution is 5.98. The summed E-state index contributed by atoms with van der Waals surface area (Å²) in [7, 11) is 0.